The SMILES string of the molecule is ClC1(Br)c2cccnc2C=CC1NC1=NCCN1. The molecule has 3 rings (SSSR count). The molecule has 4 nitrogen and oxygen atoms in total. The normalized spacial score (nSPS) is 29.4. The predicted octanol–water partition coefficient (Wildman–Crippen LogP) is 1.81. The summed E-state index contributed by atoms with van der Waals surface area (Å²) in [5.74, 6) is 0.793. The number of guanidine groups is 1. The number of aliphatic imine (C=N–C) groups is 1. The summed E-state index contributed by atoms with van der Waals surface area (Å²) >= 11 is 10.2. The monoisotopic (exact) mass is 326 g/mol. The molecule has 1 aromatic heterocycles. The Balaban J connectivity index is 1.90. The van der Waals surface area contributed by atoms with Gasteiger partial charge >= 0.3 is 0 Å². The lowest BCUT2D eigenvalue weighted by molar-refractivity contribution is 0.651. The van der Waals surface area contributed by atoms with Gasteiger partial charge in [-0.05, 0) is 12.1 Å². The minimum Gasteiger partial charge on any atom is -0.355 e. The quantitative estimate of drug-likeness (QED) is 0.774. The molecular weight excluding hydrogens is 316 g/mol. The minimum atomic E-state index is -0.710. The molecule has 1 aliphatic heterocycles. The van der Waals surface area contributed by atoms with Crippen LogP contribution in [-0.2, 0) is 3.78 Å². The van der Waals surface area contributed by atoms with E-state index in [-0.39, 0.29) is 6.04 Å². The Bertz CT molecular complexity index is 527. The molecular formula is C12H12BrClN4. The van der Waals surface area contributed by atoms with Crippen molar-refractivity contribution in [2.45, 2.75) is 9.83 Å². The second-order valence-corrected chi connectivity index (χ2v) is 6.50. The van der Waals surface area contributed by atoms with Crippen molar-refractivity contribution in [1.82, 2.24) is 15.6 Å². The summed E-state index contributed by atoms with van der Waals surface area (Å²) in [6, 6.07) is 3.78. The summed E-state index contributed by atoms with van der Waals surface area (Å²) in [4.78, 5) is 8.62. The summed E-state index contributed by atoms with van der Waals surface area (Å²) in [6.45, 7) is 1.67. The molecule has 0 spiro atoms. The van der Waals surface area contributed by atoms with E-state index in [0.29, 0.717) is 0 Å². The average Bonchev–Trinajstić information content (AvgIpc) is 2.86. The largest absolute Gasteiger partial charge is 0.355 e. The Kier molecular flexibility index (Phi) is 3.03. The Morgan fingerprint density at radius 3 is 3.22 bits per heavy atom. The molecule has 2 aliphatic rings. The van der Waals surface area contributed by atoms with E-state index in [0.717, 1.165) is 30.3 Å². The fourth-order valence-electron chi connectivity index (χ4n) is 2.09. The van der Waals surface area contributed by atoms with E-state index >= 15 is 0 Å². The molecule has 6 heteroatoms. The van der Waals surface area contributed by atoms with Crippen LogP contribution >= 0.6 is 27.5 Å². The molecule has 2 unspecified atom stereocenters. The zero-order valence-electron chi connectivity index (χ0n) is 9.53. The molecule has 94 valence electrons. The van der Waals surface area contributed by atoms with E-state index in [4.69, 9.17) is 11.6 Å². The first-order valence-electron chi connectivity index (χ1n) is 5.74. The van der Waals surface area contributed by atoms with Gasteiger partial charge in [-0.2, -0.15) is 0 Å². The van der Waals surface area contributed by atoms with E-state index in [1.165, 1.54) is 0 Å². The number of nitrogens with zero attached hydrogens (tertiary/aromatic N) is 2. The average molecular weight is 328 g/mol. The first-order chi connectivity index (χ1) is 8.68. The zero-order chi connectivity index (χ0) is 12.6. The second kappa shape index (κ2) is 4.55. The van der Waals surface area contributed by atoms with Gasteiger partial charge < -0.3 is 10.6 Å². The van der Waals surface area contributed by atoms with Crippen LogP contribution in [0.25, 0.3) is 6.08 Å². The highest BCUT2D eigenvalue weighted by atomic mass is 79.9. The van der Waals surface area contributed by atoms with E-state index in [1.54, 1.807) is 6.20 Å². The van der Waals surface area contributed by atoms with Crippen LogP contribution < -0.4 is 10.6 Å². The van der Waals surface area contributed by atoms with Crippen molar-refractivity contribution in [3.63, 3.8) is 0 Å². The molecule has 1 aliphatic carbocycles. The number of halogens is 2. The summed E-state index contributed by atoms with van der Waals surface area (Å²) in [5.41, 5.74) is 1.86. The molecule has 2 N–H and O–H groups in total. The van der Waals surface area contributed by atoms with Gasteiger partial charge in [-0.15, -0.1) is 0 Å². The van der Waals surface area contributed by atoms with Gasteiger partial charge in [-0.25, -0.2) is 0 Å². The van der Waals surface area contributed by atoms with Crippen molar-refractivity contribution in [3.8, 4) is 0 Å². The third-order valence-corrected chi connectivity index (χ3v) is 4.36. The molecule has 2 atom stereocenters. The molecule has 0 amide bonds. The topological polar surface area (TPSA) is 49.3 Å². The Morgan fingerprint density at radius 2 is 2.44 bits per heavy atom. The fourth-order valence-corrected chi connectivity index (χ4v) is 2.98. The van der Waals surface area contributed by atoms with Crippen molar-refractivity contribution in [2.24, 2.45) is 4.99 Å². The van der Waals surface area contributed by atoms with E-state index in [1.807, 2.05) is 24.3 Å². The van der Waals surface area contributed by atoms with Crippen molar-refractivity contribution < 1.29 is 0 Å². The highest BCUT2D eigenvalue weighted by molar-refractivity contribution is 9.10. The lowest BCUT2D eigenvalue weighted by atomic mass is 9.97. The number of hydrogen-bond donors (Lipinski definition) is 2. The number of fused-ring (bicyclic) bond motifs is 1. The van der Waals surface area contributed by atoms with Crippen LogP contribution in [-0.4, -0.2) is 30.1 Å². The number of rotatable bonds is 1. The lowest BCUT2D eigenvalue weighted by Crippen LogP contribution is -2.48. The lowest BCUT2D eigenvalue weighted by Gasteiger charge is -2.33. The zero-order valence-corrected chi connectivity index (χ0v) is 11.9. The summed E-state index contributed by atoms with van der Waals surface area (Å²) in [5, 5.41) is 6.47. The standard InChI is InChI=1S/C12H12BrClN4/c13-12(14)8-2-1-5-15-9(8)3-4-10(12)18-11-16-6-7-17-11/h1-5,10H,6-7H2,(H2,16,17,18). The van der Waals surface area contributed by atoms with Gasteiger partial charge in [0.2, 0.25) is 0 Å². The van der Waals surface area contributed by atoms with Crippen LogP contribution in [0.4, 0.5) is 0 Å². The van der Waals surface area contributed by atoms with Crippen LogP contribution in [0.5, 0.6) is 0 Å². The maximum Gasteiger partial charge on any atom is 0.191 e. The number of aromatic nitrogens is 1. The van der Waals surface area contributed by atoms with Gasteiger partial charge in [0.1, 0.15) is 3.78 Å². The predicted molar refractivity (Wildman–Crippen MR) is 77.0 cm³/mol. The number of nitrogens with one attached hydrogen (secondary N) is 2. The third-order valence-electron chi connectivity index (χ3n) is 3.00. The molecule has 0 saturated carbocycles. The van der Waals surface area contributed by atoms with Crippen LogP contribution in [0.15, 0.2) is 29.4 Å². The van der Waals surface area contributed by atoms with Gasteiger partial charge in [0, 0.05) is 18.3 Å². The summed E-state index contributed by atoms with van der Waals surface area (Å²) < 4.78 is -0.710. The van der Waals surface area contributed by atoms with Gasteiger partial charge in [0.15, 0.2) is 5.96 Å². The van der Waals surface area contributed by atoms with Gasteiger partial charge in [-0.1, -0.05) is 39.7 Å². The first kappa shape index (κ1) is 12.0. The van der Waals surface area contributed by atoms with E-state index in [9.17, 15) is 0 Å². The minimum absolute atomic E-state index is 0.0831. The van der Waals surface area contributed by atoms with E-state index in [2.05, 4.69) is 36.5 Å². The molecule has 2 heterocycles. The van der Waals surface area contributed by atoms with Crippen LogP contribution in [0, 0.1) is 0 Å². The molecule has 0 fully saturated rings. The van der Waals surface area contributed by atoms with Gasteiger partial charge in [0.25, 0.3) is 0 Å². The van der Waals surface area contributed by atoms with Crippen LogP contribution in [0.2, 0.25) is 0 Å². The molecule has 0 saturated heterocycles. The van der Waals surface area contributed by atoms with Crippen molar-refractivity contribution >= 4 is 39.6 Å². The molecule has 0 radical (unpaired) electrons. The van der Waals surface area contributed by atoms with Crippen LogP contribution in [0.3, 0.4) is 0 Å². The van der Waals surface area contributed by atoms with Crippen LogP contribution in [0.1, 0.15) is 11.3 Å². The van der Waals surface area contributed by atoms with Crippen molar-refractivity contribution in [2.75, 3.05) is 13.1 Å². The van der Waals surface area contributed by atoms with Crippen molar-refractivity contribution in [3.05, 3.63) is 35.7 Å². The van der Waals surface area contributed by atoms with Gasteiger partial charge in [-0.3, -0.25) is 9.98 Å². The summed E-state index contributed by atoms with van der Waals surface area (Å²) in [7, 11) is 0. The van der Waals surface area contributed by atoms with E-state index < -0.39 is 3.78 Å². The Labute approximate surface area is 119 Å². The maximum absolute atomic E-state index is 6.63. The van der Waals surface area contributed by atoms with Gasteiger partial charge in [0.05, 0.1) is 18.3 Å². The summed E-state index contributed by atoms with van der Waals surface area (Å²) in [6.07, 6.45) is 5.74. The Morgan fingerprint density at radius 1 is 1.56 bits per heavy atom. The highest BCUT2D eigenvalue weighted by Crippen LogP contribution is 2.44. The smallest absolute Gasteiger partial charge is 0.191 e. The molecule has 0 aromatic carbocycles. The number of hydrogen-bond acceptors (Lipinski definition) is 4. The fraction of sp³-hybridized carbons (Fsp3) is 0.333. The molecule has 18 heavy (non-hydrogen) atoms. The Hall–Kier alpha value is -1.07. The second-order valence-electron chi connectivity index (χ2n) is 4.20. The number of pyridine rings is 1. The van der Waals surface area contributed by atoms with Crippen molar-refractivity contribution in [1.29, 1.82) is 0 Å². The molecule has 1 aromatic rings. The maximum atomic E-state index is 6.63. The number of alkyl halides is 2. The highest BCUT2D eigenvalue weighted by Gasteiger charge is 2.39. The third kappa shape index (κ3) is 2.01. The first-order valence-corrected chi connectivity index (χ1v) is 6.91. The molecule has 0 bridgehead atoms.